The number of esters is 1. The molecule has 0 unspecified atom stereocenters. The summed E-state index contributed by atoms with van der Waals surface area (Å²) in [6, 6.07) is -2.34. The van der Waals surface area contributed by atoms with Crippen molar-refractivity contribution >= 4 is 23.6 Å². The Labute approximate surface area is 134 Å². The number of ketones is 1. The van der Waals surface area contributed by atoms with Crippen LogP contribution in [0.1, 0.15) is 26.7 Å². The van der Waals surface area contributed by atoms with Crippen LogP contribution in [0.25, 0.3) is 0 Å². The first-order valence-electron chi connectivity index (χ1n) is 6.91. The van der Waals surface area contributed by atoms with Crippen molar-refractivity contribution in [2.45, 2.75) is 38.8 Å². The summed E-state index contributed by atoms with van der Waals surface area (Å²) in [5, 5.41) is 13.2. The lowest BCUT2D eigenvalue weighted by molar-refractivity contribution is -0.409. The molecule has 0 aromatic carbocycles. The van der Waals surface area contributed by atoms with Gasteiger partial charge in [-0.15, -0.1) is 0 Å². The van der Waals surface area contributed by atoms with E-state index in [1.807, 2.05) is 0 Å². The molecule has 0 spiro atoms. The van der Waals surface area contributed by atoms with E-state index < -0.39 is 29.9 Å². The predicted molar refractivity (Wildman–Crippen MR) is 78.4 cm³/mol. The summed E-state index contributed by atoms with van der Waals surface area (Å²) >= 11 is 0. The summed E-state index contributed by atoms with van der Waals surface area (Å²) in [6.07, 6.45) is -0.210. The van der Waals surface area contributed by atoms with Crippen molar-refractivity contribution in [3.05, 3.63) is 24.3 Å². The Hall–Kier alpha value is -2.48. The number of allylic oxidation sites excluding steroid dienone is 1. The first-order valence-corrected chi connectivity index (χ1v) is 6.91. The molecule has 2 atom stereocenters. The highest BCUT2D eigenvalue weighted by molar-refractivity contribution is 5.94. The smallest absolute Gasteiger partial charge is 0.333 e. The average molecular weight is 326 g/mol. The van der Waals surface area contributed by atoms with Crippen LogP contribution < -0.4 is 16.2 Å². The molecule has 1 amide bonds. The molecule has 8 nitrogen and oxygen atoms in total. The van der Waals surface area contributed by atoms with Crippen LogP contribution in [0.2, 0.25) is 0 Å². The van der Waals surface area contributed by atoms with Crippen molar-refractivity contribution in [3.8, 4) is 0 Å². The van der Waals surface area contributed by atoms with E-state index in [4.69, 9.17) is 4.74 Å². The maximum absolute atomic E-state index is 11.8. The Morgan fingerprint density at radius 2 is 1.74 bits per heavy atom. The molecule has 0 aromatic rings. The number of quaternary nitrogens is 1. The van der Waals surface area contributed by atoms with Crippen molar-refractivity contribution in [1.29, 1.82) is 0 Å². The zero-order valence-electron chi connectivity index (χ0n) is 13.3. The SMILES string of the molecule is C=C(C)C(=O)CC[C@H](NC(=O)[C@@H]([NH3+])COC(=O)C(=C)C)C(=O)[O-]. The second-order valence-electron chi connectivity index (χ2n) is 5.20. The fourth-order valence-electron chi connectivity index (χ4n) is 1.40. The summed E-state index contributed by atoms with van der Waals surface area (Å²) < 4.78 is 4.77. The first kappa shape index (κ1) is 20.5. The molecule has 0 aliphatic heterocycles. The normalized spacial score (nSPS) is 12.7. The Bertz CT molecular complexity index is 526. The molecule has 0 aromatic heterocycles. The number of Topliss-reactive ketones (excluding diaryl/α,β-unsaturated/α-hetero) is 1. The van der Waals surface area contributed by atoms with Gasteiger partial charge in [0.1, 0.15) is 0 Å². The number of hydrogen-bond acceptors (Lipinski definition) is 6. The zero-order valence-corrected chi connectivity index (χ0v) is 13.3. The molecule has 0 bridgehead atoms. The maximum Gasteiger partial charge on any atom is 0.333 e. The van der Waals surface area contributed by atoms with E-state index in [1.165, 1.54) is 13.8 Å². The monoisotopic (exact) mass is 326 g/mol. The quantitative estimate of drug-likeness (QED) is 0.347. The van der Waals surface area contributed by atoms with Gasteiger partial charge < -0.3 is 25.7 Å². The minimum Gasteiger partial charge on any atom is -0.548 e. The minimum atomic E-state index is -1.51. The number of ether oxygens (including phenoxy) is 1. The maximum atomic E-state index is 11.8. The van der Waals surface area contributed by atoms with Crippen molar-refractivity contribution in [2.24, 2.45) is 0 Å². The van der Waals surface area contributed by atoms with Crippen molar-refractivity contribution < 1.29 is 34.8 Å². The molecule has 0 aliphatic carbocycles. The Balaban J connectivity index is 4.51. The van der Waals surface area contributed by atoms with E-state index in [1.54, 1.807) is 0 Å². The van der Waals surface area contributed by atoms with Crippen LogP contribution in [0.3, 0.4) is 0 Å². The van der Waals surface area contributed by atoms with Gasteiger partial charge in [-0.05, 0) is 25.8 Å². The number of amides is 1. The summed E-state index contributed by atoms with van der Waals surface area (Å²) in [5.41, 5.74) is 3.96. The number of carboxylic acids is 1. The number of rotatable bonds is 10. The van der Waals surface area contributed by atoms with Gasteiger partial charge in [-0.25, -0.2) is 4.79 Å². The standard InChI is InChI=1S/C15H22N2O6/c1-8(2)12(18)6-5-11(14(20)21)17-13(19)10(16)7-23-15(22)9(3)4/h10-11H,1,3,5-7,16H2,2,4H3,(H,17,19)(H,20,21)/t10-,11-/m0/s1. The zero-order chi connectivity index (χ0) is 18.2. The van der Waals surface area contributed by atoms with E-state index in [-0.39, 0.29) is 30.8 Å². The van der Waals surface area contributed by atoms with Gasteiger partial charge in [0, 0.05) is 12.0 Å². The molecule has 0 saturated carbocycles. The molecular formula is C15H22N2O6. The van der Waals surface area contributed by atoms with Crippen LogP contribution in [0.4, 0.5) is 0 Å². The highest BCUT2D eigenvalue weighted by Crippen LogP contribution is 2.03. The molecule has 0 heterocycles. The van der Waals surface area contributed by atoms with Crippen LogP contribution >= 0.6 is 0 Å². The van der Waals surface area contributed by atoms with E-state index in [9.17, 15) is 24.3 Å². The molecule has 4 N–H and O–H groups in total. The fourth-order valence-corrected chi connectivity index (χ4v) is 1.40. The van der Waals surface area contributed by atoms with E-state index in [0.29, 0.717) is 5.57 Å². The molecular weight excluding hydrogens is 304 g/mol. The topological polar surface area (TPSA) is 140 Å². The molecule has 23 heavy (non-hydrogen) atoms. The Morgan fingerprint density at radius 3 is 2.17 bits per heavy atom. The number of aliphatic carboxylic acids is 1. The second-order valence-corrected chi connectivity index (χ2v) is 5.20. The van der Waals surface area contributed by atoms with Gasteiger partial charge in [0.2, 0.25) is 0 Å². The third kappa shape index (κ3) is 7.91. The van der Waals surface area contributed by atoms with E-state index in [2.05, 4.69) is 24.2 Å². The number of nitrogens with one attached hydrogen (secondary N) is 1. The summed E-state index contributed by atoms with van der Waals surface area (Å²) in [4.78, 5) is 45.5. The van der Waals surface area contributed by atoms with Gasteiger partial charge in [0.05, 0.1) is 12.0 Å². The van der Waals surface area contributed by atoms with Crippen molar-refractivity contribution in [2.75, 3.05) is 6.61 Å². The third-order valence-corrected chi connectivity index (χ3v) is 2.87. The number of carboxylic acid groups (broad SMARTS) is 1. The molecule has 0 fully saturated rings. The summed E-state index contributed by atoms with van der Waals surface area (Å²) in [6.45, 7) is 9.48. The van der Waals surface area contributed by atoms with Crippen LogP contribution in [-0.4, -0.2) is 42.3 Å². The molecule has 0 rings (SSSR count). The van der Waals surface area contributed by atoms with Gasteiger partial charge in [0.25, 0.3) is 5.91 Å². The largest absolute Gasteiger partial charge is 0.548 e. The van der Waals surface area contributed by atoms with Gasteiger partial charge >= 0.3 is 5.97 Å². The summed E-state index contributed by atoms with van der Waals surface area (Å²) in [7, 11) is 0. The second kappa shape index (κ2) is 9.52. The molecule has 8 heteroatoms. The summed E-state index contributed by atoms with van der Waals surface area (Å²) in [5.74, 6) is -3.21. The Kier molecular flexibility index (Phi) is 8.49. The van der Waals surface area contributed by atoms with Gasteiger partial charge in [-0.1, -0.05) is 13.2 Å². The van der Waals surface area contributed by atoms with Crippen LogP contribution in [0.15, 0.2) is 24.3 Å². The fraction of sp³-hybridized carbons (Fsp3) is 0.467. The third-order valence-electron chi connectivity index (χ3n) is 2.87. The molecule has 0 radical (unpaired) electrons. The highest BCUT2D eigenvalue weighted by Gasteiger charge is 2.23. The van der Waals surface area contributed by atoms with Crippen molar-refractivity contribution in [3.63, 3.8) is 0 Å². The van der Waals surface area contributed by atoms with E-state index in [0.717, 1.165) is 0 Å². The Morgan fingerprint density at radius 1 is 1.17 bits per heavy atom. The van der Waals surface area contributed by atoms with Crippen molar-refractivity contribution in [1.82, 2.24) is 5.32 Å². The molecule has 0 saturated heterocycles. The minimum absolute atomic E-state index is 0.0826. The van der Waals surface area contributed by atoms with Gasteiger partial charge in [0.15, 0.2) is 18.4 Å². The number of hydrogen-bond donors (Lipinski definition) is 2. The highest BCUT2D eigenvalue weighted by atomic mass is 16.5. The lowest BCUT2D eigenvalue weighted by Gasteiger charge is -2.20. The molecule has 0 aliphatic rings. The number of carbonyl (C=O) groups excluding carboxylic acids is 4. The predicted octanol–water partition coefficient (Wildman–Crippen LogP) is -2.12. The lowest BCUT2D eigenvalue weighted by atomic mass is 10.1. The lowest BCUT2D eigenvalue weighted by Crippen LogP contribution is -2.71. The van der Waals surface area contributed by atoms with Crippen LogP contribution in [-0.2, 0) is 23.9 Å². The first-order chi connectivity index (χ1) is 10.6. The van der Waals surface area contributed by atoms with Gasteiger partial charge in [-0.2, -0.15) is 0 Å². The van der Waals surface area contributed by atoms with E-state index >= 15 is 0 Å². The number of carbonyl (C=O) groups is 4. The van der Waals surface area contributed by atoms with Crippen LogP contribution in [0.5, 0.6) is 0 Å². The van der Waals surface area contributed by atoms with Crippen LogP contribution in [0, 0.1) is 0 Å². The van der Waals surface area contributed by atoms with Gasteiger partial charge in [-0.3, -0.25) is 9.59 Å². The average Bonchev–Trinajstić information content (AvgIpc) is 2.47. The molecule has 128 valence electrons.